The van der Waals surface area contributed by atoms with Gasteiger partial charge in [0.15, 0.2) is 5.75 Å². The molecule has 1 amide bonds. The van der Waals surface area contributed by atoms with Gasteiger partial charge in [0.25, 0.3) is 0 Å². The molecule has 0 aliphatic heterocycles. The molecule has 0 saturated heterocycles. The Balaban J connectivity index is 2.00. The molecule has 200 valence electrons. The number of hydrogen-bond donors (Lipinski definition) is 4. The zero-order valence-electron chi connectivity index (χ0n) is 21.2. The van der Waals surface area contributed by atoms with Crippen molar-refractivity contribution in [3.05, 3.63) is 60.9 Å². The van der Waals surface area contributed by atoms with Crippen LogP contribution in [0.3, 0.4) is 0 Å². The number of rotatable bonds is 13. The third-order valence-corrected chi connectivity index (χ3v) is 5.24. The number of alkyl halides is 2. The summed E-state index contributed by atoms with van der Waals surface area (Å²) in [6.45, 7) is 1.13. The summed E-state index contributed by atoms with van der Waals surface area (Å²) in [6.07, 6.45) is 3.63. The number of halogens is 2. The zero-order valence-corrected chi connectivity index (χ0v) is 21.2. The normalized spacial score (nSPS) is 10.7. The highest BCUT2D eigenvalue weighted by Gasteiger charge is 2.18. The van der Waals surface area contributed by atoms with E-state index in [1.807, 2.05) is 31.1 Å². The SMILES string of the molecule is C=CC(=O)Nc1cc(Nc2cc(-c3ccc(NC)c(C=N)c3)ncn2)c(OC(F)F)cc1OCCN(C)C. The van der Waals surface area contributed by atoms with Crippen molar-refractivity contribution in [2.45, 2.75) is 6.61 Å². The van der Waals surface area contributed by atoms with Crippen LogP contribution in [0.5, 0.6) is 11.5 Å². The second kappa shape index (κ2) is 13.1. The van der Waals surface area contributed by atoms with E-state index in [2.05, 4.69) is 32.5 Å². The molecule has 2 aromatic carbocycles. The predicted octanol–water partition coefficient (Wildman–Crippen LogP) is 4.59. The lowest BCUT2D eigenvalue weighted by atomic mass is 10.1. The van der Waals surface area contributed by atoms with Gasteiger partial charge in [-0.25, -0.2) is 9.97 Å². The van der Waals surface area contributed by atoms with Crippen LogP contribution in [-0.2, 0) is 4.79 Å². The molecule has 38 heavy (non-hydrogen) atoms. The largest absolute Gasteiger partial charge is 0.490 e. The smallest absolute Gasteiger partial charge is 0.387 e. The Kier molecular flexibility index (Phi) is 9.66. The molecule has 0 spiro atoms. The van der Waals surface area contributed by atoms with Gasteiger partial charge >= 0.3 is 6.61 Å². The van der Waals surface area contributed by atoms with Crippen LogP contribution in [0.2, 0.25) is 0 Å². The number of benzene rings is 2. The number of aromatic nitrogens is 2. The van der Waals surface area contributed by atoms with Crippen molar-refractivity contribution in [1.82, 2.24) is 14.9 Å². The monoisotopic (exact) mass is 525 g/mol. The average molecular weight is 526 g/mol. The highest BCUT2D eigenvalue weighted by molar-refractivity contribution is 6.00. The summed E-state index contributed by atoms with van der Waals surface area (Å²) < 4.78 is 37.1. The summed E-state index contributed by atoms with van der Waals surface area (Å²) in [5, 5.41) is 16.3. The van der Waals surface area contributed by atoms with E-state index < -0.39 is 12.5 Å². The maximum atomic E-state index is 13.3. The molecule has 0 saturated carbocycles. The molecule has 0 unspecified atom stereocenters. The standard InChI is InChI=1S/C26H29F2N7O3/c1-5-25(36)34-20-11-21(23(38-26(27)28)13-22(20)37-9-8-35(3)4)33-24-12-19(31-15-32-24)16-6-7-18(30-2)17(10-16)14-29/h5-7,10-15,26,29-30H,1,8-9H2,2-4H3,(H,34,36)(H,31,32,33). The first kappa shape index (κ1) is 28.0. The number of nitrogens with one attached hydrogen (secondary N) is 4. The van der Waals surface area contributed by atoms with Crippen molar-refractivity contribution in [3.63, 3.8) is 0 Å². The molecule has 1 heterocycles. The van der Waals surface area contributed by atoms with Crippen LogP contribution in [-0.4, -0.2) is 67.9 Å². The molecule has 0 atom stereocenters. The van der Waals surface area contributed by atoms with Crippen LogP contribution >= 0.6 is 0 Å². The van der Waals surface area contributed by atoms with Crippen LogP contribution in [0.25, 0.3) is 11.3 Å². The molecule has 1 aromatic heterocycles. The summed E-state index contributed by atoms with van der Waals surface area (Å²) >= 11 is 0. The number of amides is 1. The second-order valence-corrected chi connectivity index (χ2v) is 8.18. The Hall–Kier alpha value is -4.58. The van der Waals surface area contributed by atoms with Gasteiger partial charge in [-0.2, -0.15) is 8.78 Å². The number of ether oxygens (including phenoxy) is 2. The first-order valence-corrected chi connectivity index (χ1v) is 11.5. The van der Waals surface area contributed by atoms with Gasteiger partial charge in [0.1, 0.15) is 24.5 Å². The molecule has 0 radical (unpaired) electrons. The summed E-state index contributed by atoms with van der Waals surface area (Å²) in [7, 11) is 5.48. The summed E-state index contributed by atoms with van der Waals surface area (Å²) in [4.78, 5) is 22.4. The van der Waals surface area contributed by atoms with Crippen molar-refractivity contribution in [2.75, 3.05) is 50.2 Å². The molecule has 0 aliphatic rings. The van der Waals surface area contributed by atoms with E-state index in [-0.39, 0.29) is 35.3 Å². The number of hydrogen-bond acceptors (Lipinski definition) is 9. The van der Waals surface area contributed by atoms with Crippen LogP contribution in [0, 0.1) is 5.41 Å². The maximum Gasteiger partial charge on any atom is 0.387 e. The minimum atomic E-state index is -3.11. The third-order valence-electron chi connectivity index (χ3n) is 5.24. The first-order valence-electron chi connectivity index (χ1n) is 11.5. The van der Waals surface area contributed by atoms with E-state index in [1.165, 1.54) is 24.7 Å². The third kappa shape index (κ3) is 7.46. The molecule has 0 fully saturated rings. The van der Waals surface area contributed by atoms with Gasteiger partial charge in [0, 0.05) is 48.8 Å². The number of carbonyl (C=O) groups is 1. The number of carbonyl (C=O) groups excluding carboxylic acids is 1. The van der Waals surface area contributed by atoms with Crippen LogP contribution in [0.4, 0.5) is 31.7 Å². The lowest BCUT2D eigenvalue weighted by molar-refractivity contribution is -0.111. The Morgan fingerprint density at radius 3 is 2.58 bits per heavy atom. The Morgan fingerprint density at radius 2 is 1.92 bits per heavy atom. The molecular weight excluding hydrogens is 496 g/mol. The lowest BCUT2D eigenvalue weighted by Gasteiger charge is -2.19. The number of anilines is 4. The Morgan fingerprint density at radius 1 is 1.13 bits per heavy atom. The molecule has 0 bridgehead atoms. The molecule has 12 heteroatoms. The highest BCUT2D eigenvalue weighted by atomic mass is 19.3. The minimum Gasteiger partial charge on any atom is -0.490 e. The van der Waals surface area contributed by atoms with Gasteiger partial charge in [-0.05, 0) is 38.4 Å². The van der Waals surface area contributed by atoms with E-state index in [4.69, 9.17) is 14.9 Å². The molecular formula is C26H29F2N7O3. The first-order chi connectivity index (χ1) is 18.2. The van der Waals surface area contributed by atoms with Crippen molar-refractivity contribution in [2.24, 2.45) is 0 Å². The van der Waals surface area contributed by atoms with Crippen molar-refractivity contribution >= 4 is 35.0 Å². The van der Waals surface area contributed by atoms with Gasteiger partial charge in [-0.3, -0.25) is 4.79 Å². The van der Waals surface area contributed by atoms with Gasteiger partial charge in [-0.15, -0.1) is 0 Å². The Labute approximate surface area is 219 Å². The number of likely N-dealkylation sites (N-methyl/N-ethyl adjacent to an activating group) is 1. The van der Waals surface area contributed by atoms with Gasteiger partial charge < -0.3 is 35.7 Å². The lowest BCUT2D eigenvalue weighted by Crippen LogP contribution is -2.20. The molecule has 0 aliphatic carbocycles. The summed E-state index contributed by atoms with van der Waals surface area (Å²) in [5.41, 5.74) is 3.05. The average Bonchev–Trinajstić information content (AvgIpc) is 2.89. The number of nitrogens with zero attached hydrogens (tertiary/aromatic N) is 3. The van der Waals surface area contributed by atoms with Crippen LogP contribution in [0.1, 0.15) is 5.56 Å². The molecule has 3 rings (SSSR count). The van der Waals surface area contributed by atoms with Crippen molar-refractivity contribution < 1.29 is 23.0 Å². The summed E-state index contributed by atoms with van der Waals surface area (Å²) in [5.74, 6) is -0.283. The van der Waals surface area contributed by atoms with Crippen molar-refractivity contribution in [1.29, 1.82) is 5.41 Å². The van der Waals surface area contributed by atoms with E-state index in [9.17, 15) is 13.6 Å². The summed E-state index contributed by atoms with van der Waals surface area (Å²) in [6, 6.07) is 9.76. The zero-order chi connectivity index (χ0) is 27.7. The van der Waals surface area contributed by atoms with Crippen LogP contribution < -0.4 is 25.4 Å². The fraction of sp³-hybridized carbons (Fsp3) is 0.231. The quantitative estimate of drug-likeness (QED) is 0.189. The topological polar surface area (TPSA) is 124 Å². The van der Waals surface area contributed by atoms with Crippen LogP contribution in [0.15, 0.2) is 55.4 Å². The van der Waals surface area contributed by atoms with E-state index >= 15 is 0 Å². The minimum absolute atomic E-state index is 0.111. The Bertz CT molecular complexity index is 1300. The van der Waals surface area contributed by atoms with Gasteiger partial charge in [-0.1, -0.05) is 12.6 Å². The fourth-order valence-electron chi connectivity index (χ4n) is 3.38. The second-order valence-electron chi connectivity index (χ2n) is 8.18. The van der Waals surface area contributed by atoms with Gasteiger partial charge in [0.2, 0.25) is 5.91 Å². The van der Waals surface area contributed by atoms with E-state index in [1.54, 1.807) is 19.2 Å². The predicted molar refractivity (Wildman–Crippen MR) is 144 cm³/mol. The maximum absolute atomic E-state index is 13.3. The molecule has 4 N–H and O–H groups in total. The van der Waals surface area contributed by atoms with E-state index in [0.29, 0.717) is 17.8 Å². The molecule has 10 nitrogen and oxygen atoms in total. The van der Waals surface area contributed by atoms with E-state index in [0.717, 1.165) is 17.3 Å². The fourth-order valence-corrected chi connectivity index (χ4v) is 3.38. The highest BCUT2D eigenvalue weighted by Crippen LogP contribution is 2.39. The van der Waals surface area contributed by atoms with Gasteiger partial charge in [0.05, 0.1) is 17.1 Å². The van der Waals surface area contributed by atoms with Crippen molar-refractivity contribution in [3.8, 4) is 22.8 Å². The molecule has 3 aromatic rings.